The molecule has 0 saturated carbocycles. The number of nitro benzene ring substituents is 2. The van der Waals surface area contributed by atoms with Crippen molar-refractivity contribution in [1.29, 1.82) is 0 Å². The van der Waals surface area contributed by atoms with Gasteiger partial charge in [0.1, 0.15) is 60.4 Å². The molecular formula is C76H104N14O18S2. The monoisotopic (exact) mass is 1560 g/mol. The number of non-ortho nitro benzene ring substituents is 2. The van der Waals surface area contributed by atoms with Gasteiger partial charge < -0.3 is 52.3 Å². The van der Waals surface area contributed by atoms with E-state index in [2.05, 4.69) is 42.5 Å². The van der Waals surface area contributed by atoms with Gasteiger partial charge in [-0.2, -0.15) is 8.61 Å². The number of hydrogen-bond donors (Lipinski definition) is 8. The predicted octanol–water partition coefficient (Wildman–Crippen LogP) is 4.30. The van der Waals surface area contributed by atoms with Gasteiger partial charge in [-0.3, -0.25) is 68.2 Å². The SMILES string of the molecule is CC(C)CC1NC(=O)C2CCCN(S(=O)(=O)c3ccc([N+](=O)[O-])cc3)CCCCN(S(=O)(=O)c3ccc([N+](=O)[O-])cc3)CCCC(NC(=O)C(C(C)C)NC(=O)C3CCCN3C(=O)C(Cc3ccccc3)NC1=O)C(=O)NC(CC(C)C)C(=O)NC(Cc1ccccc1)C(=O)N1CCCC1C(=O)NC(C(C)C)C(=O)N2. The summed E-state index contributed by atoms with van der Waals surface area (Å²) in [6.45, 7) is 12.1. The molecule has 4 fully saturated rings. The quantitative estimate of drug-likeness (QED) is 0.0572. The van der Waals surface area contributed by atoms with Crippen molar-refractivity contribution in [3.63, 3.8) is 0 Å². The van der Waals surface area contributed by atoms with Crippen LogP contribution in [0.2, 0.25) is 0 Å². The van der Waals surface area contributed by atoms with E-state index in [-0.39, 0.29) is 125 Å². The molecule has 0 spiro atoms. The fourth-order valence-corrected chi connectivity index (χ4v) is 17.3. The number of amides is 10. The molecular weight excluding hydrogens is 1460 g/mol. The van der Waals surface area contributed by atoms with Crippen molar-refractivity contribution < 1.29 is 74.6 Å². The van der Waals surface area contributed by atoms with Crippen molar-refractivity contribution in [3.8, 4) is 0 Å². The molecule has 8 rings (SSSR count). The van der Waals surface area contributed by atoms with Crippen LogP contribution in [0.5, 0.6) is 0 Å². The fourth-order valence-electron chi connectivity index (χ4n) is 14.2. The first-order valence-electron chi connectivity index (χ1n) is 37.8. The minimum atomic E-state index is -4.65. The van der Waals surface area contributed by atoms with E-state index in [0.29, 0.717) is 24.0 Å². The molecule has 4 aliphatic heterocycles. The zero-order valence-electron chi connectivity index (χ0n) is 63.5. The highest BCUT2D eigenvalue weighted by atomic mass is 32.2. The first-order chi connectivity index (χ1) is 52.1. The maximum atomic E-state index is 15.4. The minimum Gasteiger partial charge on any atom is -0.343 e. The number of carbonyl (C=O) groups is 10. The molecule has 110 heavy (non-hydrogen) atoms. The second-order valence-corrected chi connectivity index (χ2v) is 34.0. The third-order valence-corrected chi connectivity index (χ3v) is 24.0. The number of hydrogen-bond acceptors (Lipinski definition) is 18. The Labute approximate surface area is 641 Å². The molecule has 4 saturated heterocycles. The van der Waals surface area contributed by atoms with Gasteiger partial charge >= 0.3 is 0 Å². The van der Waals surface area contributed by atoms with E-state index in [1.807, 2.05) is 0 Å². The van der Waals surface area contributed by atoms with E-state index in [4.69, 9.17) is 0 Å². The van der Waals surface area contributed by atoms with Crippen LogP contribution in [0.1, 0.15) is 144 Å². The fraction of sp³-hybridized carbons (Fsp3) is 0.553. The van der Waals surface area contributed by atoms with Crippen LogP contribution in [0.3, 0.4) is 0 Å². The summed E-state index contributed by atoms with van der Waals surface area (Å²) in [7, 11) is -9.31. The van der Waals surface area contributed by atoms with Crippen LogP contribution in [-0.4, -0.2) is 204 Å². The molecule has 8 N–H and O–H groups in total. The normalized spacial score (nSPS) is 24.8. The molecule has 10 atom stereocenters. The summed E-state index contributed by atoms with van der Waals surface area (Å²) in [5.41, 5.74) is 0.345. The third kappa shape index (κ3) is 22.9. The van der Waals surface area contributed by atoms with Crippen LogP contribution in [0, 0.1) is 43.9 Å². The number of sulfonamides is 2. The number of nitrogens with zero attached hydrogens (tertiary/aromatic N) is 6. The first kappa shape index (κ1) is 85.8. The first-order valence-corrected chi connectivity index (χ1v) is 40.6. The van der Waals surface area contributed by atoms with E-state index in [1.165, 1.54) is 9.80 Å². The van der Waals surface area contributed by atoms with Crippen molar-refractivity contribution >= 4 is 90.5 Å². The third-order valence-electron chi connectivity index (χ3n) is 20.1. The highest BCUT2D eigenvalue weighted by molar-refractivity contribution is 7.89. The molecule has 4 aliphatic rings. The highest BCUT2D eigenvalue weighted by Gasteiger charge is 2.44. The van der Waals surface area contributed by atoms with E-state index < -0.39 is 186 Å². The number of nitrogens with one attached hydrogen (secondary N) is 8. The number of fused-ring (bicyclic) bond motifs is 15. The van der Waals surface area contributed by atoms with Gasteiger partial charge in [-0.25, -0.2) is 16.8 Å². The van der Waals surface area contributed by atoms with Gasteiger partial charge in [0.2, 0.25) is 79.1 Å². The lowest BCUT2D eigenvalue weighted by molar-refractivity contribution is -0.385. The van der Waals surface area contributed by atoms with Crippen molar-refractivity contribution in [1.82, 2.24) is 60.9 Å². The van der Waals surface area contributed by atoms with Crippen molar-refractivity contribution in [2.45, 2.75) is 215 Å². The molecule has 0 radical (unpaired) electrons. The van der Waals surface area contributed by atoms with E-state index in [9.17, 15) is 46.7 Å². The van der Waals surface area contributed by atoms with Gasteiger partial charge in [0.05, 0.1) is 19.6 Å². The van der Waals surface area contributed by atoms with Gasteiger partial charge in [0.25, 0.3) is 11.4 Å². The average Bonchev–Trinajstić information content (AvgIpc) is 1.01. The second kappa shape index (κ2) is 39.2. The molecule has 10 unspecified atom stereocenters. The maximum absolute atomic E-state index is 15.4. The molecule has 32 nitrogen and oxygen atoms in total. The molecule has 0 aromatic heterocycles. The molecule has 4 aromatic carbocycles. The van der Waals surface area contributed by atoms with Crippen molar-refractivity contribution in [2.24, 2.45) is 23.7 Å². The summed E-state index contributed by atoms with van der Waals surface area (Å²) >= 11 is 0. The predicted molar refractivity (Wildman–Crippen MR) is 405 cm³/mol. The van der Waals surface area contributed by atoms with Crippen LogP contribution in [-0.2, 0) is 80.8 Å². The van der Waals surface area contributed by atoms with Crippen molar-refractivity contribution in [3.05, 3.63) is 141 Å². The Kier molecular flexibility index (Phi) is 30.6. The van der Waals surface area contributed by atoms with Gasteiger partial charge in [-0.05, 0) is 136 Å². The molecule has 0 aliphatic carbocycles. The van der Waals surface area contributed by atoms with E-state index in [1.54, 1.807) is 116 Å². The molecule has 4 heterocycles. The Balaban J connectivity index is 1.31. The summed E-state index contributed by atoms with van der Waals surface area (Å²) in [6.07, 6.45) is -0.943. The average molecular weight is 1570 g/mol. The largest absolute Gasteiger partial charge is 0.343 e. The van der Waals surface area contributed by atoms with Crippen LogP contribution in [0.15, 0.2) is 119 Å². The van der Waals surface area contributed by atoms with E-state index in [0.717, 1.165) is 57.1 Å². The van der Waals surface area contributed by atoms with Crippen molar-refractivity contribution in [2.75, 3.05) is 39.3 Å². The Bertz CT molecular complexity index is 3910. The molecule has 598 valence electrons. The second-order valence-electron chi connectivity index (χ2n) is 30.1. The number of benzene rings is 4. The topological polar surface area (TPSA) is 434 Å². The Hall–Kier alpha value is -9.80. The number of nitro groups is 2. The molecule has 2 bridgehead atoms. The Morgan fingerprint density at radius 2 is 0.691 bits per heavy atom. The van der Waals surface area contributed by atoms with Gasteiger partial charge in [-0.15, -0.1) is 0 Å². The minimum absolute atomic E-state index is 0.0267. The summed E-state index contributed by atoms with van der Waals surface area (Å²) in [4.78, 5) is 176. The number of carbonyl (C=O) groups excluding carboxylic acids is 10. The van der Waals surface area contributed by atoms with Gasteiger partial charge in [-0.1, -0.05) is 116 Å². The standard InChI is InChI=1S/C76H104N14O18S2/c1-47(2)43-59-69(93)81-61(45-51-21-11-9-12-22-51)75(99)87-41-19-27-63(87)71(95)84-66(50(7)8)74(98)78-58-26-18-40-86(110(107,108)56-35-31-54(32-36-56)90(103)104)38-16-15-37-85(109(105,106)55-33-29-53(30-34-55)89(101)102)39-17-25-57(67(91)79-59)77-73(97)65(49(5)6)83-72(96)64-28-20-42-88(64)76(100)62(46-52-23-13-10-14-24-52)82-70(94)60(44-48(3)4)80-68(58)92/h9-14,21-24,29-36,47-50,57-66H,15-20,25-28,37-46H2,1-8H3,(H,77,97)(H,78,98)(H,79,91)(H,80,92)(H,81,93)(H,82,94)(H,83,96)(H,84,95). The zero-order chi connectivity index (χ0) is 80.3. The summed E-state index contributed by atoms with van der Waals surface area (Å²) in [6, 6.07) is 11.2. The molecule has 4 aromatic rings. The lowest BCUT2D eigenvalue weighted by Gasteiger charge is -2.33. The zero-order valence-corrected chi connectivity index (χ0v) is 65.1. The molecule has 10 amide bonds. The summed E-state index contributed by atoms with van der Waals surface area (Å²) < 4.78 is 61.9. The maximum Gasteiger partial charge on any atom is 0.269 e. The lowest BCUT2D eigenvalue weighted by Crippen LogP contribution is -2.62. The smallest absolute Gasteiger partial charge is 0.269 e. The van der Waals surface area contributed by atoms with E-state index >= 15 is 38.4 Å². The summed E-state index contributed by atoms with van der Waals surface area (Å²) in [5.74, 6) is -10.4. The van der Waals surface area contributed by atoms with Gasteiger partial charge in [0, 0.05) is 76.4 Å². The Morgan fingerprint density at radius 1 is 0.373 bits per heavy atom. The Morgan fingerprint density at radius 3 is 1.01 bits per heavy atom. The number of rotatable bonds is 16. The van der Waals surface area contributed by atoms with Crippen LogP contribution in [0.4, 0.5) is 11.4 Å². The molecule has 34 heteroatoms. The van der Waals surface area contributed by atoms with Gasteiger partial charge in [0.15, 0.2) is 0 Å². The lowest BCUT2D eigenvalue weighted by atomic mass is 9.98. The van der Waals surface area contributed by atoms with Crippen LogP contribution in [0.25, 0.3) is 0 Å². The summed E-state index contributed by atoms with van der Waals surface area (Å²) in [5, 5.41) is 46.2. The van der Waals surface area contributed by atoms with Crippen LogP contribution >= 0.6 is 0 Å². The van der Waals surface area contributed by atoms with Crippen LogP contribution < -0.4 is 42.5 Å². The highest BCUT2D eigenvalue weighted by Crippen LogP contribution is 2.28.